The smallest absolute Gasteiger partial charge is 0.322 e. The van der Waals surface area contributed by atoms with E-state index in [-0.39, 0.29) is 11.7 Å². The van der Waals surface area contributed by atoms with E-state index >= 15 is 0 Å². The monoisotopic (exact) mass is 369 g/mol. The topological polar surface area (TPSA) is 95.6 Å². The van der Waals surface area contributed by atoms with Crippen LogP contribution in [0.15, 0.2) is 24.3 Å². The third-order valence-corrected chi connectivity index (χ3v) is 6.87. The van der Waals surface area contributed by atoms with Crippen LogP contribution in [0.4, 0.5) is 9.18 Å². The van der Waals surface area contributed by atoms with E-state index in [1.54, 1.807) is 12.1 Å². The average Bonchev–Trinajstić information content (AvgIpc) is 2.79. The van der Waals surface area contributed by atoms with Crippen LogP contribution < -0.4 is 10.6 Å². The Morgan fingerprint density at radius 3 is 2.32 bits per heavy atom. The molecule has 7 nitrogen and oxygen atoms in total. The van der Waals surface area contributed by atoms with E-state index in [0.29, 0.717) is 25.9 Å². The highest BCUT2D eigenvalue weighted by Gasteiger charge is 2.46. The number of hydrogen-bond donors (Lipinski definition) is 2. The van der Waals surface area contributed by atoms with Crippen LogP contribution in [0.25, 0.3) is 0 Å². The summed E-state index contributed by atoms with van der Waals surface area (Å²) in [6, 6.07) is 5.58. The molecular formula is C16H20FN3O4S. The normalized spacial score (nSPS) is 25.7. The number of piperidine rings is 1. The first-order valence-corrected chi connectivity index (χ1v) is 9.67. The highest BCUT2D eigenvalue weighted by molar-refractivity contribution is 7.89. The van der Waals surface area contributed by atoms with Crippen molar-refractivity contribution in [2.24, 2.45) is 0 Å². The van der Waals surface area contributed by atoms with Gasteiger partial charge in [-0.05, 0) is 43.4 Å². The molecule has 2 heterocycles. The summed E-state index contributed by atoms with van der Waals surface area (Å²) >= 11 is 0. The highest BCUT2D eigenvalue weighted by atomic mass is 32.2. The molecule has 0 spiro atoms. The molecule has 2 fully saturated rings. The fourth-order valence-electron chi connectivity index (χ4n) is 3.34. The zero-order valence-corrected chi connectivity index (χ0v) is 14.6. The van der Waals surface area contributed by atoms with Gasteiger partial charge in [0, 0.05) is 13.1 Å². The second-order valence-electron chi connectivity index (χ2n) is 6.72. The summed E-state index contributed by atoms with van der Waals surface area (Å²) in [7, 11) is -3.70. The summed E-state index contributed by atoms with van der Waals surface area (Å²) in [6.07, 6.45) is 1.25. The van der Waals surface area contributed by atoms with Crippen molar-refractivity contribution in [1.82, 2.24) is 14.9 Å². The van der Waals surface area contributed by atoms with Crippen LogP contribution in [-0.2, 0) is 14.8 Å². The zero-order chi connectivity index (χ0) is 18.2. The van der Waals surface area contributed by atoms with Gasteiger partial charge in [0.25, 0.3) is 5.91 Å². The Kier molecular flexibility index (Phi) is 4.54. The molecule has 136 valence electrons. The van der Waals surface area contributed by atoms with Gasteiger partial charge in [0.05, 0.1) is 5.75 Å². The maximum Gasteiger partial charge on any atom is 0.322 e. The van der Waals surface area contributed by atoms with Crippen molar-refractivity contribution in [2.45, 2.75) is 31.2 Å². The van der Waals surface area contributed by atoms with E-state index in [1.165, 1.54) is 23.4 Å². The quantitative estimate of drug-likeness (QED) is 0.772. The second kappa shape index (κ2) is 6.38. The minimum Gasteiger partial charge on any atom is -0.322 e. The molecule has 0 saturated carbocycles. The Bertz CT molecular complexity index is 788. The fourth-order valence-corrected chi connectivity index (χ4v) is 5.22. The molecule has 2 aliphatic rings. The molecule has 0 aromatic heterocycles. The highest BCUT2D eigenvalue weighted by Crippen LogP contribution is 2.30. The molecule has 1 aromatic carbocycles. The summed E-state index contributed by atoms with van der Waals surface area (Å²) < 4.78 is 39.6. The van der Waals surface area contributed by atoms with Crippen LogP contribution in [0.5, 0.6) is 0 Å². The molecule has 2 N–H and O–H groups in total. The molecule has 1 atom stereocenters. The number of sulfonamides is 1. The van der Waals surface area contributed by atoms with Gasteiger partial charge in [-0.2, -0.15) is 0 Å². The van der Waals surface area contributed by atoms with Gasteiger partial charge in [-0.15, -0.1) is 0 Å². The number of carbonyl (C=O) groups is 2. The number of nitrogens with zero attached hydrogens (tertiary/aromatic N) is 1. The van der Waals surface area contributed by atoms with Crippen molar-refractivity contribution in [3.63, 3.8) is 0 Å². The van der Waals surface area contributed by atoms with Gasteiger partial charge in [-0.3, -0.25) is 10.1 Å². The van der Waals surface area contributed by atoms with E-state index < -0.39 is 33.3 Å². The lowest BCUT2D eigenvalue weighted by atomic mass is 9.90. The third-order valence-electron chi connectivity index (χ3n) is 4.78. The maximum atomic E-state index is 13.0. The van der Waals surface area contributed by atoms with E-state index in [4.69, 9.17) is 0 Å². The molecular weight excluding hydrogens is 349 g/mol. The van der Waals surface area contributed by atoms with Crippen molar-refractivity contribution in [3.05, 3.63) is 35.6 Å². The van der Waals surface area contributed by atoms with Crippen LogP contribution >= 0.6 is 0 Å². The number of rotatable bonds is 4. The second-order valence-corrected chi connectivity index (χ2v) is 8.69. The summed E-state index contributed by atoms with van der Waals surface area (Å²) in [4.78, 5) is 23.1. The number of imide groups is 1. The van der Waals surface area contributed by atoms with E-state index in [9.17, 15) is 22.4 Å². The lowest BCUT2D eigenvalue weighted by Gasteiger charge is -2.33. The number of urea groups is 1. The number of nitrogens with one attached hydrogen (secondary N) is 2. The molecule has 3 rings (SSSR count). The number of benzene rings is 1. The van der Waals surface area contributed by atoms with Crippen molar-refractivity contribution >= 4 is 22.0 Å². The van der Waals surface area contributed by atoms with Crippen LogP contribution in [0.3, 0.4) is 0 Å². The molecule has 2 aliphatic heterocycles. The van der Waals surface area contributed by atoms with Crippen LogP contribution in [0.1, 0.15) is 31.2 Å². The van der Waals surface area contributed by atoms with Gasteiger partial charge in [0.15, 0.2) is 0 Å². The molecule has 25 heavy (non-hydrogen) atoms. The minimum absolute atomic E-state index is 0.178. The van der Waals surface area contributed by atoms with Crippen LogP contribution in [-0.4, -0.2) is 49.0 Å². The molecule has 3 amide bonds. The minimum atomic E-state index is -3.70. The standard InChI is InChI=1S/C16H20FN3O4S/c1-16(14(21)18-15(22)19-16)10-25(23,24)20-8-6-12(7-9-20)11-2-4-13(17)5-3-11/h2-5,12H,6-10H2,1H3,(H2,18,19,21,22). The summed E-state index contributed by atoms with van der Waals surface area (Å²) in [5.41, 5.74) is -0.461. The average molecular weight is 369 g/mol. The van der Waals surface area contributed by atoms with Crippen molar-refractivity contribution < 1.29 is 22.4 Å². The van der Waals surface area contributed by atoms with Crippen molar-refractivity contribution in [2.75, 3.05) is 18.8 Å². The van der Waals surface area contributed by atoms with Crippen molar-refractivity contribution in [1.29, 1.82) is 0 Å². The van der Waals surface area contributed by atoms with Gasteiger partial charge in [-0.1, -0.05) is 12.1 Å². The zero-order valence-electron chi connectivity index (χ0n) is 13.8. The Labute approximate surface area is 145 Å². The number of hydrogen-bond acceptors (Lipinski definition) is 4. The van der Waals surface area contributed by atoms with Gasteiger partial charge in [0.1, 0.15) is 11.4 Å². The molecule has 0 aliphatic carbocycles. The third kappa shape index (κ3) is 3.67. The van der Waals surface area contributed by atoms with E-state index in [1.807, 2.05) is 0 Å². The SMILES string of the molecule is CC1(CS(=O)(=O)N2CCC(c3ccc(F)cc3)CC2)NC(=O)NC1=O. The Morgan fingerprint density at radius 2 is 1.80 bits per heavy atom. The van der Waals surface area contributed by atoms with Crippen LogP contribution in [0, 0.1) is 5.82 Å². The first-order valence-electron chi connectivity index (χ1n) is 8.06. The Morgan fingerprint density at radius 1 is 1.20 bits per heavy atom. The molecule has 0 radical (unpaired) electrons. The van der Waals surface area contributed by atoms with Crippen molar-refractivity contribution in [3.8, 4) is 0 Å². The van der Waals surface area contributed by atoms with E-state index in [2.05, 4.69) is 10.6 Å². The molecule has 9 heteroatoms. The first kappa shape index (κ1) is 17.8. The molecule has 1 aromatic rings. The summed E-state index contributed by atoms with van der Waals surface area (Å²) in [6.45, 7) is 2.06. The maximum absolute atomic E-state index is 13.0. The number of halogens is 1. The largest absolute Gasteiger partial charge is 0.322 e. The van der Waals surface area contributed by atoms with E-state index in [0.717, 1.165) is 5.56 Å². The Balaban J connectivity index is 1.64. The fraction of sp³-hybridized carbons (Fsp3) is 0.500. The van der Waals surface area contributed by atoms with Gasteiger partial charge in [-0.25, -0.2) is 21.9 Å². The summed E-state index contributed by atoms with van der Waals surface area (Å²) in [5, 5.41) is 4.44. The number of amides is 3. The molecule has 0 bridgehead atoms. The van der Waals surface area contributed by atoms with Gasteiger partial charge < -0.3 is 5.32 Å². The lowest BCUT2D eigenvalue weighted by Crippen LogP contribution is -2.53. The molecule has 2 saturated heterocycles. The predicted molar refractivity (Wildman–Crippen MR) is 88.8 cm³/mol. The predicted octanol–water partition coefficient (Wildman–Crippen LogP) is 0.933. The first-order chi connectivity index (χ1) is 11.7. The van der Waals surface area contributed by atoms with Gasteiger partial charge >= 0.3 is 6.03 Å². The molecule has 1 unspecified atom stereocenters. The Hall–Kier alpha value is -2.00. The van der Waals surface area contributed by atoms with Gasteiger partial charge in [0.2, 0.25) is 10.0 Å². The lowest BCUT2D eigenvalue weighted by molar-refractivity contribution is -0.122. The number of carbonyl (C=O) groups excluding carboxylic acids is 2. The summed E-state index contributed by atoms with van der Waals surface area (Å²) in [5.74, 6) is -1.23. The van der Waals surface area contributed by atoms with Crippen LogP contribution in [0.2, 0.25) is 0 Å².